The van der Waals surface area contributed by atoms with Gasteiger partial charge in [0.15, 0.2) is 0 Å². The SMILES string of the molecule is CC(=O)NCCC=Cc1ccc2c(c1)-c1ccccc1C(=O)C2=O. The van der Waals surface area contributed by atoms with E-state index in [-0.39, 0.29) is 5.91 Å². The first-order valence-corrected chi connectivity index (χ1v) is 7.81. The minimum absolute atomic E-state index is 0.0445. The van der Waals surface area contributed by atoms with Crippen LogP contribution in [0.4, 0.5) is 0 Å². The molecule has 0 aliphatic heterocycles. The summed E-state index contributed by atoms with van der Waals surface area (Å²) in [6, 6.07) is 12.6. The van der Waals surface area contributed by atoms with Crippen molar-refractivity contribution in [1.82, 2.24) is 5.32 Å². The number of hydrogen-bond donors (Lipinski definition) is 1. The van der Waals surface area contributed by atoms with Gasteiger partial charge in [-0.05, 0) is 35.2 Å². The van der Waals surface area contributed by atoms with Crippen molar-refractivity contribution in [2.24, 2.45) is 0 Å². The van der Waals surface area contributed by atoms with Gasteiger partial charge in [0.05, 0.1) is 0 Å². The van der Waals surface area contributed by atoms with Crippen LogP contribution in [0, 0.1) is 0 Å². The molecule has 0 aromatic heterocycles. The molecule has 0 saturated heterocycles. The average molecular weight is 319 g/mol. The topological polar surface area (TPSA) is 63.2 Å². The van der Waals surface area contributed by atoms with Gasteiger partial charge in [0.25, 0.3) is 0 Å². The van der Waals surface area contributed by atoms with Crippen LogP contribution in [-0.2, 0) is 4.79 Å². The van der Waals surface area contributed by atoms with E-state index in [4.69, 9.17) is 0 Å². The number of carbonyl (C=O) groups is 3. The molecule has 4 nitrogen and oxygen atoms in total. The zero-order valence-electron chi connectivity index (χ0n) is 13.3. The minimum atomic E-state index is -0.454. The van der Waals surface area contributed by atoms with E-state index in [9.17, 15) is 14.4 Å². The van der Waals surface area contributed by atoms with E-state index in [1.54, 1.807) is 18.2 Å². The minimum Gasteiger partial charge on any atom is -0.356 e. The van der Waals surface area contributed by atoms with E-state index in [1.165, 1.54) is 6.92 Å². The Bertz CT molecular complexity index is 865. The van der Waals surface area contributed by atoms with Gasteiger partial charge in [0, 0.05) is 24.6 Å². The molecular formula is C20H17NO3. The van der Waals surface area contributed by atoms with Crippen molar-refractivity contribution in [1.29, 1.82) is 0 Å². The fraction of sp³-hybridized carbons (Fsp3) is 0.150. The third kappa shape index (κ3) is 3.04. The third-order valence-electron chi connectivity index (χ3n) is 3.95. The van der Waals surface area contributed by atoms with Gasteiger partial charge in [0.1, 0.15) is 0 Å². The molecule has 1 amide bonds. The Labute approximate surface area is 140 Å². The second-order valence-electron chi connectivity index (χ2n) is 5.68. The zero-order valence-corrected chi connectivity index (χ0v) is 13.3. The van der Waals surface area contributed by atoms with Crippen molar-refractivity contribution in [2.75, 3.05) is 6.54 Å². The van der Waals surface area contributed by atoms with Crippen LogP contribution in [0.2, 0.25) is 0 Å². The van der Waals surface area contributed by atoms with Crippen LogP contribution in [-0.4, -0.2) is 24.0 Å². The van der Waals surface area contributed by atoms with Gasteiger partial charge in [-0.15, -0.1) is 0 Å². The number of benzene rings is 2. The molecule has 0 spiro atoms. The molecule has 0 radical (unpaired) electrons. The number of rotatable bonds is 4. The molecule has 3 rings (SSSR count). The number of carbonyl (C=O) groups excluding carboxylic acids is 3. The van der Waals surface area contributed by atoms with Gasteiger partial charge in [-0.25, -0.2) is 0 Å². The molecular weight excluding hydrogens is 302 g/mol. The lowest BCUT2D eigenvalue weighted by atomic mass is 9.83. The van der Waals surface area contributed by atoms with E-state index in [2.05, 4.69) is 5.32 Å². The number of fused-ring (bicyclic) bond motifs is 3. The van der Waals surface area contributed by atoms with Crippen LogP contribution in [0.25, 0.3) is 17.2 Å². The molecule has 1 aliphatic carbocycles. The van der Waals surface area contributed by atoms with Crippen molar-refractivity contribution >= 4 is 23.5 Å². The Balaban J connectivity index is 1.88. The van der Waals surface area contributed by atoms with Crippen molar-refractivity contribution in [3.05, 3.63) is 65.2 Å². The molecule has 1 aliphatic rings. The second-order valence-corrected chi connectivity index (χ2v) is 5.68. The molecule has 120 valence electrons. The maximum atomic E-state index is 12.2. The summed E-state index contributed by atoms with van der Waals surface area (Å²) >= 11 is 0. The number of amides is 1. The normalized spacial score (nSPS) is 12.9. The van der Waals surface area contributed by atoms with Gasteiger partial charge in [-0.2, -0.15) is 0 Å². The molecule has 4 heteroatoms. The van der Waals surface area contributed by atoms with Crippen LogP contribution in [0.5, 0.6) is 0 Å². The number of Topliss-reactive ketones (excluding diaryl/α,β-unsaturated/α-hetero) is 2. The molecule has 0 fully saturated rings. The highest BCUT2D eigenvalue weighted by Gasteiger charge is 2.29. The molecule has 2 aromatic rings. The predicted molar refractivity (Wildman–Crippen MR) is 92.9 cm³/mol. The third-order valence-corrected chi connectivity index (χ3v) is 3.95. The van der Waals surface area contributed by atoms with E-state index >= 15 is 0 Å². The van der Waals surface area contributed by atoms with Crippen LogP contribution in [0.1, 0.15) is 39.6 Å². The quantitative estimate of drug-likeness (QED) is 0.695. The van der Waals surface area contributed by atoms with Crippen LogP contribution >= 0.6 is 0 Å². The lowest BCUT2D eigenvalue weighted by Gasteiger charge is -2.18. The van der Waals surface area contributed by atoms with Gasteiger partial charge in [0.2, 0.25) is 17.5 Å². The molecule has 0 heterocycles. The summed E-state index contributed by atoms with van der Waals surface area (Å²) in [6.07, 6.45) is 4.65. The molecule has 0 unspecified atom stereocenters. The van der Waals surface area contributed by atoms with E-state index in [1.807, 2.05) is 36.4 Å². The molecule has 0 bridgehead atoms. The van der Waals surface area contributed by atoms with E-state index in [0.717, 1.165) is 23.1 Å². The first kappa shape index (κ1) is 15.9. The van der Waals surface area contributed by atoms with Crippen molar-refractivity contribution in [2.45, 2.75) is 13.3 Å². The van der Waals surface area contributed by atoms with Gasteiger partial charge < -0.3 is 5.32 Å². The number of hydrogen-bond acceptors (Lipinski definition) is 3. The summed E-state index contributed by atoms with van der Waals surface area (Å²) < 4.78 is 0. The Hall–Kier alpha value is -3.01. The Morgan fingerprint density at radius 3 is 2.33 bits per heavy atom. The van der Waals surface area contributed by atoms with Crippen molar-refractivity contribution in [3.8, 4) is 11.1 Å². The summed E-state index contributed by atoms with van der Waals surface area (Å²) in [4.78, 5) is 35.2. The highest BCUT2D eigenvalue weighted by molar-refractivity contribution is 6.53. The van der Waals surface area contributed by atoms with Gasteiger partial charge >= 0.3 is 0 Å². The molecule has 24 heavy (non-hydrogen) atoms. The fourth-order valence-electron chi connectivity index (χ4n) is 2.80. The number of ketones is 2. The first-order chi connectivity index (χ1) is 11.6. The summed E-state index contributed by atoms with van der Waals surface area (Å²) in [5, 5.41) is 2.73. The van der Waals surface area contributed by atoms with Crippen molar-refractivity contribution in [3.63, 3.8) is 0 Å². The summed E-state index contributed by atoms with van der Waals surface area (Å²) in [6.45, 7) is 2.08. The first-order valence-electron chi connectivity index (χ1n) is 7.81. The van der Waals surface area contributed by atoms with Crippen LogP contribution in [0.15, 0.2) is 48.5 Å². The Morgan fingerprint density at radius 1 is 0.958 bits per heavy atom. The zero-order chi connectivity index (χ0) is 17.1. The van der Waals surface area contributed by atoms with Crippen LogP contribution in [0.3, 0.4) is 0 Å². The van der Waals surface area contributed by atoms with E-state index in [0.29, 0.717) is 17.7 Å². The van der Waals surface area contributed by atoms with Crippen molar-refractivity contribution < 1.29 is 14.4 Å². The molecule has 0 atom stereocenters. The maximum Gasteiger partial charge on any atom is 0.234 e. The summed E-state index contributed by atoms with van der Waals surface area (Å²) in [5.74, 6) is -0.946. The standard InChI is InChI=1S/C20H17NO3/c1-13(22)21-11-5-4-6-14-9-10-17-18(12-14)15-7-2-3-8-16(15)19(23)20(17)24/h2-4,6-10,12H,5,11H2,1H3,(H,21,22). The Morgan fingerprint density at radius 2 is 1.62 bits per heavy atom. The molecule has 1 N–H and O–H groups in total. The lowest BCUT2D eigenvalue weighted by molar-refractivity contribution is -0.118. The summed E-state index contributed by atoms with van der Waals surface area (Å²) in [5.41, 5.74) is 3.45. The van der Waals surface area contributed by atoms with Gasteiger partial charge in [-0.1, -0.05) is 42.5 Å². The maximum absolute atomic E-state index is 12.2. The Kier molecular flexibility index (Phi) is 4.38. The fourth-order valence-corrected chi connectivity index (χ4v) is 2.80. The van der Waals surface area contributed by atoms with Crippen LogP contribution < -0.4 is 5.32 Å². The van der Waals surface area contributed by atoms with Gasteiger partial charge in [-0.3, -0.25) is 14.4 Å². The second kappa shape index (κ2) is 6.62. The number of nitrogens with one attached hydrogen (secondary N) is 1. The predicted octanol–water partition coefficient (Wildman–Crippen LogP) is 3.27. The highest BCUT2D eigenvalue weighted by Crippen LogP contribution is 2.34. The summed E-state index contributed by atoms with van der Waals surface area (Å²) in [7, 11) is 0. The smallest absolute Gasteiger partial charge is 0.234 e. The largest absolute Gasteiger partial charge is 0.356 e. The highest BCUT2D eigenvalue weighted by atomic mass is 16.2. The monoisotopic (exact) mass is 319 g/mol. The molecule has 0 saturated carbocycles. The van der Waals surface area contributed by atoms with E-state index < -0.39 is 11.6 Å². The lowest BCUT2D eigenvalue weighted by Crippen LogP contribution is -2.21. The average Bonchev–Trinajstić information content (AvgIpc) is 2.59. The molecule has 2 aromatic carbocycles.